The van der Waals surface area contributed by atoms with E-state index in [9.17, 15) is 5.26 Å². The number of aromatic nitrogens is 1. The van der Waals surface area contributed by atoms with Gasteiger partial charge in [-0.15, -0.1) is 0 Å². The molecule has 0 saturated carbocycles. The van der Waals surface area contributed by atoms with Gasteiger partial charge in [-0.25, -0.2) is 0 Å². The summed E-state index contributed by atoms with van der Waals surface area (Å²) in [5.74, 6) is 0. The van der Waals surface area contributed by atoms with E-state index in [0.29, 0.717) is 10.6 Å². The molecule has 3 aromatic carbocycles. The molecule has 146 valence electrons. The maximum Gasteiger partial charge on any atom is 0.0998 e. The van der Waals surface area contributed by atoms with Crippen LogP contribution in [0.1, 0.15) is 22.5 Å². The van der Waals surface area contributed by atoms with Crippen LogP contribution in [0.3, 0.4) is 0 Å². The second-order valence-electron chi connectivity index (χ2n) is 7.22. The summed E-state index contributed by atoms with van der Waals surface area (Å²) in [6.45, 7) is 4.16. The Morgan fingerprint density at radius 1 is 0.867 bits per heavy atom. The van der Waals surface area contributed by atoms with E-state index >= 15 is 0 Å². The van der Waals surface area contributed by atoms with Crippen LogP contribution in [-0.2, 0) is 0 Å². The summed E-state index contributed by atoms with van der Waals surface area (Å²) >= 11 is 6.30. The van der Waals surface area contributed by atoms with Crippen molar-refractivity contribution in [2.45, 2.75) is 13.8 Å². The number of nitrogens with zero attached hydrogens (tertiary/aromatic N) is 2. The normalized spacial score (nSPS) is 11.3. The molecule has 0 spiro atoms. The maximum atomic E-state index is 9.70. The van der Waals surface area contributed by atoms with Gasteiger partial charge < -0.3 is 4.57 Å². The van der Waals surface area contributed by atoms with E-state index in [-0.39, 0.29) is 0 Å². The van der Waals surface area contributed by atoms with Crippen LogP contribution in [0.5, 0.6) is 0 Å². The van der Waals surface area contributed by atoms with Crippen LogP contribution in [0.2, 0.25) is 5.02 Å². The molecule has 0 aliphatic heterocycles. The monoisotopic (exact) mass is 408 g/mol. The van der Waals surface area contributed by atoms with Crippen LogP contribution in [0.4, 0.5) is 0 Å². The number of halogens is 1. The fourth-order valence-electron chi connectivity index (χ4n) is 3.77. The molecule has 0 bridgehead atoms. The fourth-order valence-corrected chi connectivity index (χ4v) is 4.01. The van der Waals surface area contributed by atoms with Crippen molar-refractivity contribution >= 4 is 23.3 Å². The van der Waals surface area contributed by atoms with E-state index in [1.165, 1.54) is 11.1 Å². The molecular weight excluding hydrogens is 388 g/mol. The second kappa shape index (κ2) is 8.45. The highest BCUT2D eigenvalue weighted by Gasteiger charge is 2.12. The lowest BCUT2D eigenvalue weighted by Crippen LogP contribution is -1.99. The SMILES string of the molecule is Cc1cc(C=C(C#N)c2ccccc2Cl)c(C)n1-c1ccc(-c2ccccc2)cc1. The topological polar surface area (TPSA) is 28.7 Å². The van der Waals surface area contributed by atoms with Crippen molar-refractivity contribution in [1.29, 1.82) is 5.26 Å². The van der Waals surface area contributed by atoms with Gasteiger partial charge in [0, 0.05) is 27.7 Å². The Morgan fingerprint density at radius 3 is 2.17 bits per heavy atom. The molecule has 1 heterocycles. The summed E-state index contributed by atoms with van der Waals surface area (Å²) in [6.07, 6.45) is 1.92. The van der Waals surface area contributed by atoms with E-state index in [1.54, 1.807) is 6.07 Å². The third-order valence-electron chi connectivity index (χ3n) is 5.29. The highest BCUT2D eigenvalue weighted by Crippen LogP contribution is 2.29. The molecular formula is C27H21ClN2. The Bertz CT molecular complexity index is 1260. The maximum absolute atomic E-state index is 9.70. The van der Waals surface area contributed by atoms with Gasteiger partial charge >= 0.3 is 0 Å². The Kier molecular flexibility index (Phi) is 5.57. The number of allylic oxidation sites excluding steroid dienone is 1. The van der Waals surface area contributed by atoms with Crippen molar-refractivity contribution in [1.82, 2.24) is 4.57 Å². The highest BCUT2D eigenvalue weighted by molar-refractivity contribution is 6.32. The molecule has 2 nitrogen and oxygen atoms in total. The Labute approximate surface area is 182 Å². The van der Waals surface area contributed by atoms with Crippen LogP contribution >= 0.6 is 11.6 Å². The molecule has 3 heteroatoms. The molecule has 30 heavy (non-hydrogen) atoms. The smallest absolute Gasteiger partial charge is 0.0998 e. The van der Waals surface area contributed by atoms with Gasteiger partial charge in [0.05, 0.1) is 11.6 Å². The van der Waals surface area contributed by atoms with E-state index in [4.69, 9.17) is 11.6 Å². The Morgan fingerprint density at radius 2 is 1.50 bits per heavy atom. The fraction of sp³-hybridized carbons (Fsp3) is 0.0741. The number of aryl methyl sites for hydroxylation is 1. The molecule has 0 N–H and O–H groups in total. The number of rotatable bonds is 4. The molecule has 0 amide bonds. The molecule has 0 atom stereocenters. The first kappa shape index (κ1) is 19.8. The summed E-state index contributed by atoms with van der Waals surface area (Å²) in [7, 11) is 0. The van der Waals surface area contributed by atoms with Crippen LogP contribution in [0.15, 0.2) is 84.9 Å². The average Bonchev–Trinajstić information content (AvgIpc) is 3.06. The lowest BCUT2D eigenvalue weighted by Gasteiger charge is -2.11. The number of nitriles is 1. The van der Waals surface area contributed by atoms with Gasteiger partial charge in [-0.3, -0.25) is 0 Å². The quantitative estimate of drug-likeness (QED) is 0.322. The van der Waals surface area contributed by atoms with Crippen molar-refractivity contribution in [2.24, 2.45) is 0 Å². The van der Waals surface area contributed by atoms with Crippen molar-refractivity contribution in [3.8, 4) is 22.9 Å². The molecule has 0 radical (unpaired) electrons. The predicted molar refractivity (Wildman–Crippen MR) is 126 cm³/mol. The Hall–Kier alpha value is -3.54. The van der Waals surface area contributed by atoms with E-state index in [1.807, 2.05) is 42.5 Å². The van der Waals surface area contributed by atoms with Crippen LogP contribution in [0.25, 0.3) is 28.5 Å². The number of hydrogen-bond donors (Lipinski definition) is 0. The third kappa shape index (κ3) is 3.81. The van der Waals surface area contributed by atoms with Crippen molar-refractivity contribution < 1.29 is 0 Å². The molecule has 0 saturated heterocycles. The summed E-state index contributed by atoms with van der Waals surface area (Å²) in [5.41, 5.74) is 8.00. The molecule has 1 aromatic heterocycles. The summed E-state index contributed by atoms with van der Waals surface area (Å²) in [6, 6.07) is 30.7. The first-order chi connectivity index (χ1) is 14.6. The summed E-state index contributed by atoms with van der Waals surface area (Å²) in [5, 5.41) is 10.3. The van der Waals surface area contributed by atoms with Gasteiger partial charge in [-0.2, -0.15) is 5.26 Å². The van der Waals surface area contributed by atoms with E-state index in [0.717, 1.165) is 28.2 Å². The van der Waals surface area contributed by atoms with Gasteiger partial charge in [0.25, 0.3) is 0 Å². The van der Waals surface area contributed by atoms with Crippen LogP contribution in [-0.4, -0.2) is 4.57 Å². The van der Waals surface area contributed by atoms with Gasteiger partial charge in [0.15, 0.2) is 0 Å². The minimum absolute atomic E-state index is 0.556. The van der Waals surface area contributed by atoms with Gasteiger partial charge in [0.1, 0.15) is 0 Å². The lowest BCUT2D eigenvalue weighted by molar-refractivity contribution is 0.965. The lowest BCUT2D eigenvalue weighted by atomic mass is 10.0. The zero-order chi connectivity index (χ0) is 21.1. The van der Waals surface area contributed by atoms with Gasteiger partial charge in [-0.05, 0) is 60.9 Å². The zero-order valence-corrected chi connectivity index (χ0v) is 17.7. The van der Waals surface area contributed by atoms with Crippen LogP contribution in [0, 0.1) is 25.2 Å². The minimum atomic E-state index is 0.556. The first-order valence-corrected chi connectivity index (χ1v) is 10.2. The molecule has 0 fully saturated rings. The molecule has 4 aromatic rings. The largest absolute Gasteiger partial charge is 0.318 e. The Balaban J connectivity index is 1.72. The molecule has 0 aliphatic carbocycles. The minimum Gasteiger partial charge on any atom is -0.318 e. The first-order valence-electron chi connectivity index (χ1n) is 9.80. The average molecular weight is 409 g/mol. The van der Waals surface area contributed by atoms with E-state index in [2.05, 4.69) is 66.9 Å². The van der Waals surface area contributed by atoms with E-state index < -0.39 is 0 Å². The highest BCUT2D eigenvalue weighted by atomic mass is 35.5. The van der Waals surface area contributed by atoms with Gasteiger partial charge in [0.2, 0.25) is 0 Å². The second-order valence-corrected chi connectivity index (χ2v) is 7.63. The predicted octanol–water partition coefficient (Wildman–Crippen LogP) is 7.48. The van der Waals surface area contributed by atoms with Crippen molar-refractivity contribution in [3.05, 3.63) is 112 Å². The standard InChI is InChI=1S/C27H21ClN2/c1-19-16-23(17-24(18-29)26-10-6-7-11-27(26)28)20(2)30(19)25-14-12-22(13-15-25)21-8-4-3-5-9-21/h3-17H,1-2H3. The van der Waals surface area contributed by atoms with Gasteiger partial charge in [-0.1, -0.05) is 72.3 Å². The zero-order valence-electron chi connectivity index (χ0n) is 16.9. The van der Waals surface area contributed by atoms with Crippen molar-refractivity contribution in [3.63, 3.8) is 0 Å². The molecule has 4 rings (SSSR count). The number of hydrogen-bond acceptors (Lipinski definition) is 1. The van der Waals surface area contributed by atoms with Crippen LogP contribution < -0.4 is 0 Å². The number of benzene rings is 3. The molecule has 0 unspecified atom stereocenters. The third-order valence-corrected chi connectivity index (χ3v) is 5.62. The summed E-state index contributed by atoms with van der Waals surface area (Å²) in [4.78, 5) is 0. The summed E-state index contributed by atoms with van der Waals surface area (Å²) < 4.78 is 2.21. The molecule has 0 aliphatic rings. The van der Waals surface area contributed by atoms with Crippen molar-refractivity contribution in [2.75, 3.05) is 0 Å².